The van der Waals surface area contributed by atoms with Crippen LogP contribution in [0.4, 0.5) is 5.69 Å². The first-order valence-corrected chi connectivity index (χ1v) is 9.73. The first-order chi connectivity index (χ1) is 12.7. The first-order valence-electron chi connectivity index (χ1n) is 8.25. The average Bonchev–Trinajstić information content (AvgIpc) is 2.67. The van der Waals surface area contributed by atoms with Gasteiger partial charge in [0, 0.05) is 47.7 Å². The molecule has 0 fully saturated rings. The summed E-state index contributed by atoms with van der Waals surface area (Å²) < 4.78 is 22.7. The summed E-state index contributed by atoms with van der Waals surface area (Å²) in [5, 5.41) is 6.36. The molecule has 0 amide bonds. The average molecular weight is 503 g/mol. The molecule has 0 saturated carbocycles. The standard InChI is InChI=1S/C19H25N3O3S.HI/c1-20-19(22-16-9-10-17(24-2)18(13-16)25-3)21-11-12-26(23)14-15-7-5-4-6-8-15;/h4-10,13H,11-12,14H2,1-3H3,(H2,20,21,22);1H. The number of benzene rings is 2. The second-order valence-electron chi connectivity index (χ2n) is 5.47. The van der Waals surface area contributed by atoms with Gasteiger partial charge in [-0.05, 0) is 17.7 Å². The van der Waals surface area contributed by atoms with Gasteiger partial charge in [0.1, 0.15) is 0 Å². The van der Waals surface area contributed by atoms with Crippen molar-refractivity contribution in [1.29, 1.82) is 0 Å². The van der Waals surface area contributed by atoms with Gasteiger partial charge in [-0.15, -0.1) is 24.0 Å². The van der Waals surface area contributed by atoms with Crippen molar-refractivity contribution in [1.82, 2.24) is 5.32 Å². The van der Waals surface area contributed by atoms with Crippen molar-refractivity contribution in [3.05, 3.63) is 54.1 Å². The Labute approximate surface area is 180 Å². The van der Waals surface area contributed by atoms with E-state index in [2.05, 4.69) is 15.6 Å². The van der Waals surface area contributed by atoms with Gasteiger partial charge in [0.2, 0.25) is 0 Å². The molecule has 0 spiro atoms. The van der Waals surface area contributed by atoms with Gasteiger partial charge in [0.15, 0.2) is 17.5 Å². The van der Waals surface area contributed by atoms with Crippen LogP contribution < -0.4 is 20.1 Å². The van der Waals surface area contributed by atoms with Gasteiger partial charge >= 0.3 is 0 Å². The number of rotatable bonds is 8. The van der Waals surface area contributed by atoms with E-state index >= 15 is 0 Å². The van der Waals surface area contributed by atoms with Gasteiger partial charge < -0.3 is 20.1 Å². The van der Waals surface area contributed by atoms with Crippen molar-refractivity contribution in [2.24, 2.45) is 4.99 Å². The highest BCUT2D eigenvalue weighted by atomic mass is 127. The van der Waals surface area contributed by atoms with Crippen LogP contribution >= 0.6 is 24.0 Å². The fourth-order valence-corrected chi connectivity index (χ4v) is 3.38. The van der Waals surface area contributed by atoms with E-state index < -0.39 is 10.8 Å². The summed E-state index contributed by atoms with van der Waals surface area (Å²) in [7, 11) is 3.96. The fraction of sp³-hybridized carbons (Fsp3) is 0.316. The molecule has 2 rings (SSSR count). The third-order valence-electron chi connectivity index (χ3n) is 3.66. The molecule has 8 heteroatoms. The molecular weight excluding hydrogens is 477 g/mol. The van der Waals surface area contributed by atoms with E-state index in [4.69, 9.17) is 9.47 Å². The minimum Gasteiger partial charge on any atom is -0.493 e. The Morgan fingerprint density at radius 1 is 1.07 bits per heavy atom. The fourth-order valence-electron chi connectivity index (χ4n) is 2.35. The number of hydrogen-bond acceptors (Lipinski definition) is 4. The summed E-state index contributed by atoms with van der Waals surface area (Å²) in [5.74, 6) is 3.01. The lowest BCUT2D eigenvalue weighted by Gasteiger charge is -2.14. The summed E-state index contributed by atoms with van der Waals surface area (Å²) in [4.78, 5) is 4.19. The van der Waals surface area contributed by atoms with Crippen LogP contribution in [0.15, 0.2) is 53.5 Å². The first kappa shape index (κ1) is 23.2. The number of halogens is 1. The highest BCUT2D eigenvalue weighted by Gasteiger charge is 2.07. The van der Waals surface area contributed by atoms with E-state index in [0.29, 0.717) is 35.5 Å². The predicted octanol–water partition coefficient (Wildman–Crippen LogP) is 3.26. The van der Waals surface area contributed by atoms with Crippen LogP contribution in [0.5, 0.6) is 11.5 Å². The van der Waals surface area contributed by atoms with Crippen molar-refractivity contribution in [2.45, 2.75) is 5.75 Å². The SMILES string of the molecule is CN=C(NCCS(=O)Cc1ccccc1)Nc1ccc(OC)c(OC)c1.I. The van der Waals surface area contributed by atoms with Crippen molar-refractivity contribution in [3.8, 4) is 11.5 Å². The number of nitrogens with zero attached hydrogens (tertiary/aromatic N) is 1. The Kier molecular flexibility index (Phi) is 10.8. The molecule has 1 unspecified atom stereocenters. The van der Waals surface area contributed by atoms with Gasteiger partial charge in [0.05, 0.1) is 14.2 Å². The maximum atomic E-state index is 12.2. The number of methoxy groups -OCH3 is 2. The van der Waals surface area contributed by atoms with Crippen LogP contribution in [0.3, 0.4) is 0 Å². The quantitative estimate of drug-likeness (QED) is 0.329. The molecule has 0 aliphatic carbocycles. The molecule has 0 bridgehead atoms. The molecule has 2 N–H and O–H groups in total. The molecule has 2 aromatic rings. The number of ether oxygens (including phenoxy) is 2. The Balaban J connectivity index is 0.00000364. The molecule has 6 nitrogen and oxygen atoms in total. The molecule has 1 atom stereocenters. The van der Waals surface area contributed by atoms with Crippen molar-refractivity contribution in [2.75, 3.05) is 38.9 Å². The van der Waals surface area contributed by atoms with Gasteiger partial charge in [-0.1, -0.05) is 30.3 Å². The Morgan fingerprint density at radius 2 is 1.78 bits per heavy atom. The lowest BCUT2D eigenvalue weighted by Crippen LogP contribution is -2.33. The monoisotopic (exact) mass is 503 g/mol. The van der Waals surface area contributed by atoms with E-state index in [1.165, 1.54) is 0 Å². The zero-order valence-corrected chi connectivity index (χ0v) is 18.9. The molecular formula is C19H26IN3O3S. The van der Waals surface area contributed by atoms with Gasteiger partial charge in [0.25, 0.3) is 0 Å². The van der Waals surface area contributed by atoms with Crippen molar-refractivity contribution in [3.63, 3.8) is 0 Å². The van der Waals surface area contributed by atoms with E-state index in [-0.39, 0.29) is 24.0 Å². The molecule has 0 radical (unpaired) electrons. The van der Waals surface area contributed by atoms with Gasteiger partial charge in [-0.2, -0.15) is 0 Å². The zero-order valence-electron chi connectivity index (χ0n) is 15.7. The summed E-state index contributed by atoms with van der Waals surface area (Å²) >= 11 is 0. The number of anilines is 1. The smallest absolute Gasteiger partial charge is 0.195 e. The van der Waals surface area contributed by atoms with Crippen molar-refractivity contribution >= 4 is 46.4 Å². The summed E-state index contributed by atoms with van der Waals surface area (Å²) in [5.41, 5.74) is 1.90. The minimum absolute atomic E-state index is 0. The maximum Gasteiger partial charge on any atom is 0.195 e. The van der Waals surface area contributed by atoms with E-state index in [1.807, 2.05) is 48.5 Å². The third-order valence-corrected chi connectivity index (χ3v) is 4.98. The normalized spacial score (nSPS) is 11.9. The number of guanidine groups is 1. The topological polar surface area (TPSA) is 72.0 Å². The molecule has 0 heterocycles. The van der Waals surface area contributed by atoms with Crippen LogP contribution in [0.2, 0.25) is 0 Å². The highest BCUT2D eigenvalue weighted by Crippen LogP contribution is 2.29. The zero-order chi connectivity index (χ0) is 18.8. The van der Waals surface area contributed by atoms with Gasteiger partial charge in [-0.25, -0.2) is 0 Å². The summed E-state index contributed by atoms with van der Waals surface area (Å²) in [6.45, 7) is 0.562. The van der Waals surface area contributed by atoms with Crippen LogP contribution in [-0.4, -0.2) is 43.7 Å². The van der Waals surface area contributed by atoms with Crippen LogP contribution in [0.1, 0.15) is 5.56 Å². The minimum atomic E-state index is -0.927. The van der Waals surface area contributed by atoms with Gasteiger partial charge in [-0.3, -0.25) is 9.20 Å². The second-order valence-corrected chi connectivity index (χ2v) is 7.04. The van der Waals surface area contributed by atoms with Crippen LogP contribution in [0.25, 0.3) is 0 Å². The lowest BCUT2D eigenvalue weighted by atomic mass is 10.2. The van der Waals surface area contributed by atoms with E-state index in [9.17, 15) is 4.21 Å². The van der Waals surface area contributed by atoms with Crippen molar-refractivity contribution < 1.29 is 13.7 Å². The molecule has 148 valence electrons. The van der Waals surface area contributed by atoms with E-state index in [0.717, 1.165) is 11.3 Å². The van der Waals surface area contributed by atoms with E-state index in [1.54, 1.807) is 21.3 Å². The largest absolute Gasteiger partial charge is 0.493 e. The summed E-state index contributed by atoms with van der Waals surface area (Å²) in [6, 6.07) is 15.4. The number of aliphatic imine (C=N–C) groups is 1. The second kappa shape index (κ2) is 12.6. The van der Waals surface area contributed by atoms with Crippen LogP contribution in [0, 0.1) is 0 Å². The molecule has 0 saturated heterocycles. The highest BCUT2D eigenvalue weighted by molar-refractivity contribution is 14.0. The molecule has 0 aromatic heterocycles. The Morgan fingerprint density at radius 3 is 2.41 bits per heavy atom. The molecule has 0 aliphatic heterocycles. The van der Waals surface area contributed by atoms with Crippen LogP contribution in [-0.2, 0) is 16.6 Å². The number of nitrogens with one attached hydrogen (secondary N) is 2. The number of hydrogen-bond donors (Lipinski definition) is 2. The Hall–Kier alpha value is -1.81. The molecule has 27 heavy (non-hydrogen) atoms. The predicted molar refractivity (Wildman–Crippen MR) is 123 cm³/mol. The summed E-state index contributed by atoms with van der Waals surface area (Å²) in [6.07, 6.45) is 0. The Bertz CT molecular complexity index is 757. The lowest BCUT2D eigenvalue weighted by molar-refractivity contribution is 0.355. The molecule has 2 aromatic carbocycles. The third kappa shape index (κ3) is 7.76. The maximum absolute atomic E-state index is 12.2. The molecule has 0 aliphatic rings.